The number of aryl methyl sites for hydroxylation is 1. The second-order valence-corrected chi connectivity index (χ2v) is 13.2. The lowest BCUT2D eigenvalue weighted by molar-refractivity contribution is -0.157. The summed E-state index contributed by atoms with van der Waals surface area (Å²) in [5.41, 5.74) is 0.884. The summed E-state index contributed by atoms with van der Waals surface area (Å²) < 4.78 is 44.2. The lowest BCUT2D eigenvalue weighted by atomic mass is 10.0. The maximum atomic E-state index is 12.9. The molecule has 0 bridgehead atoms. The van der Waals surface area contributed by atoms with Crippen molar-refractivity contribution in [3.63, 3.8) is 0 Å². The van der Waals surface area contributed by atoms with Gasteiger partial charge in [0.15, 0.2) is 5.82 Å². The number of likely N-dealkylation sites (N-methyl/N-ethyl adjacent to an activating group) is 1. The van der Waals surface area contributed by atoms with E-state index in [2.05, 4.69) is 22.4 Å². The molecule has 1 amide bonds. The number of unbranched alkanes of at least 4 members (excludes halogenated alkanes) is 8. The van der Waals surface area contributed by atoms with Crippen LogP contribution in [-0.2, 0) is 28.7 Å². The Kier molecular flexibility index (Phi) is 20.3. The number of aliphatic hydroxyl groups excluding tert-OH is 5. The van der Waals surface area contributed by atoms with E-state index >= 15 is 0 Å². The second kappa shape index (κ2) is 23.8. The van der Waals surface area contributed by atoms with Gasteiger partial charge in [0.25, 0.3) is 5.89 Å². The molecule has 3 aromatic rings. The summed E-state index contributed by atoms with van der Waals surface area (Å²) in [6.07, 6.45) is 1.69. The standard InChI is InChI=1S/C31H38F3N3O4.C7H17NO5/c1-3-4-5-6-7-8-9-10-11-12-27-35-28(41-36-27)25-15-13-23(14-16-25)21-37(29(38)30(39)40)22(2)24-17-19-26(20-18-24)31(32,33)34;1-8-2-4(10)6(12)7(13)5(11)3-9/h13-20,22H,3-12,21H2,1-2H3,(H,39,40);4-13H,2-3H2,1H3/t;4-,5+,6+,7+/m.0/s1. The number of alkyl halides is 3. The van der Waals surface area contributed by atoms with Gasteiger partial charge in [0.2, 0.25) is 0 Å². The minimum Gasteiger partial charge on any atom is -0.474 e. The lowest BCUT2D eigenvalue weighted by Gasteiger charge is -2.28. The molecular weight excluding hydrogens is 713 g/mol. The van der Waals surface area contributed by atoms with Crippen LogP contribution in [0, 0.1) is 0 Å². The first-order chi connectivity index (χ1) is 25.6. The van der Waals surface area contributed by atoms with Crippen molar-refractivity contribution in [2.45, 2.75) is 121 Å². The van der Waals surface area contributed by atoms with Crippen molar-refractivity contribution in [3.8, 4) is 11.5 Å². The molecule has 7 N–H and O–H groups in total. The van der Waals surface area contributed by atoms with Gasteiger partial charge in [0.05, 0.1) is 24.3 Å². The highest BCUT2D eigenvalue weighted by atomic mass is 19.4. The van der Waals surface area contributed by atoms with Crippen LogP contribution in [0.25, 0.3) is 11.5 Å². The number of carbonyl (C=O) groups excluding carboxylic acids is 1. The summed E-state index contributed by atoms with van der Waals surface area (Å²) >= 11 is 0. The summed E-state index contributed by atoms with van der Waals surface area (Å²) in [5.74, 6) is -1.78. The maximum Gasteiger partial charge on any atom is 0.416 e. The largest absolute Gasteiger partial charge is 0.474 e. The van der Waals surface area contributed by atoms with E-state index in [1.807, 2.05) is 0 Å². The normalized spacial score (nSPS) is 14.4. The van der Waals surface area contributed by atoms with Gasteiger partial charge < -0.3 is 45.4 Å². The number of carboxylic acids is 1. The Morgan fingerprint density at radius 2 is 1.41 bits per heavy atom. The molecule has 1 aromatic heterocycles. The topological polar surface area (TPSA) is 210 Å². The Bertz CT molecular complexity index is 1510. The molecule has 54 heavy (non-hydrogen) atoms. The molecule has 16 heteroatoms. The van der Waals surface area contributed by atoms with Gasteiger partial charge in [-0.1, -0.05) is 87.7 Å². The zero-order valence-electron chi connectivity index (χ0n) is 31.1. The molecule has 5 atom stereocenters. The lowest BCUT2D eigenvalue weighted by Crippen LogP contribution is -2.48. The van der Waals surface area contributed by atoms with Crippen LogP contribution < -0.4 is 5.32 Å². The summed E-state index contributed by atoms with van der Waals surface area (Å²) in [4.78, 5) is 29.6. The van der Waals surface area contributed by atoms with Crippen molar-refractivity contribution >= 4 is 11.9 Å². The van der Waals surface area contributed by atoms with Crippen molar-refractivity contribution in [3.05, 3.63) is 71.0 Å². The monoisotopic (exact) mass is 768 g/mol. The van der Waals surface area contributed by atoms with E-state index in [0.717, 1.165) is 36.3 Å². The van der Waals surface area contributed by atoms with E-state index in [4.69, 9.17) is 24.9 Å². The van der Waals surface area contributed by atoms with E-state index < -0.39 is 60.7 Å². The van der Waals surface area contributed by atoms with Crippen LogP contribution in [0.4, 0.5) is 13.2 Å². The molecule has 0 fully saturated rings. The van der Waals surface area contributed by atoms with Crippen molar-refractivity contribution in [2.24, 2.45) is 0 Å². The quantitative estimate of drug-likeness (QED) is 0.0584. The third-order valence-corrected chi connectivity index (χ3v) is 8.90. The van der Waals surface area contributed by atoms with Crippen LogP contribution >= 0.6 is 0 Å². The number of carboxylic acid groups (broad SMARTS) is 1. The molecule has 0 spiro atoms. The molecule has 0 saturated carbocycles. The number of hydrogen-bond acceptors (Lipinski definition) is 11. The van der Waals surface area contributed by atoms with E-state index in [1.165, 1.54) is 57.1 Å². The van der Waals surface area contributed by atoms with E-state index in [9.17, 15) is 33.0 Å². The molecule has 302 valence electrons. The molecule has 0 radical (unpaired) electrons. The van der Waals surface area contributed by atoms with Gasteiger partial charge in [-0.2, -0.15) is 18.2 Å². The fourth-order valence-electron chi connectivity index (χ4n) is 5.55. The molecule has 0 aliphatic carbocycles. The van der Waals surface area contributed by atoms with Gasteiger partial charge in [0, 0.05) is 25.1 Å². The van der Waals surface area contributed by atoms with Crippen LogP contribution in [-0.4, -0.2) is 102 Å². The third-order valence-electron chi connectivity index (χ3n) is 8.90. The van der Waals surface area contributed by atoms with E-state index in [-0.39, 0.29) is 13.1 Å². The predicted molar refractivity (Wildman–Crippen MR) is 194 cm³/mol. The Morgan fingerprint density at radius 3 is 1.93 bits per heavy atom. The molecule has 2 aromatic carbocycles. The summed E-state index contributed by atoms with van der Waals surface area (Å²) in [6.45, 7) is 3.17. The molecule has 0 aliphatic heterocycles. The number of nitrogens with zero attached hydrogens (tertiary/aromatic N) is 3. The Labute approximate surface area is 313 Å². The number of aromatic nitrogens is 2. The first kappa shape index (κ1) is 46.2. The molecule has 0 aliphatic rings. The predicted octanol–water partition coefficient (Wildman–Crippen LogP) is 4.64. The molecule has 3 rings (SSSR count). The highest BCUT2D eigenvalue weighted by Gasteiger charge is 2.32. The number of hydrogen-bond donors (Lipinski definition) is 7. The fourth-order valence-corrected chi connectivity index (χ4v) is 5.55. The second-order valence-electron chi connectivity index (χ2n) is 13.2. The first-order valence-electron chi connectivity index (χ1n) is 18.2. The molecule has 13 nitrogen and oxygen atoms in total. The average molecular weight is 769 g/mol. The minimum atomic E-state index is -4.49. The smallest absolute Gasteiger partial charge is 0.416 e. The Balaban J connectivity index is 0.000000660. The van der Waals surface area contributed by atoms with Crippen LogP contribution in [0.15, 0.2) is 53.1 Å². The van der Waals surface area contributed by atoms with Crippen LogP contribution in [0.3, 0.4) is 0 Å². The minimum absolute atomic E-state index is 0.0543. The number of benzene rings is 2. The zero-order chi connectivity index (χ0) is 40.3. The zero-order valence-corrected chi connectivity index (χ0v) is 31.1. The van der Waals surface area contributed by atoms with Gasteiger partial charge in [-0.3, -0.25) is 4.79 Å². The van der Waals surface area contributed by atoms with Crippen molar-refractivity contribution in [1.29, 1.82) is 0 Å². The summed E-state index contributed by atoms with van der Waals surface area (Å²) in [5, 5.41) is 60.9. The van der Waals surface area contributed by atoms with E-state index in [0.29, 0.717) is 28.4 Å². The first-order valence-corrected chi connectivity index (χ1v) is 18.2. The van der Waals surface area contributed by atoms with Crippen LogP contribution in [0.5, 0.6) is 0 Å². The number of carbonyl (C=O) groups is 2. The van der Waals surface area contributed by atoms with Crippen LogP contribution in [0.2, 0.25) is 0 Å². The van der Waals surface area contributed by atoms with Crippen molar-refractivity contribution in [1.82, 2.24) is 20.4 Å². The number of aliphatic carboxylic acids is 1. The SMILES string of the molecule is CCCCCCCCCCCc1noc(-c2ccc(CN(C(=O)C(=O)O)C(C)c3ccc(C(F)(F)F)cc3)cc2)n1.CNC[C@H](O)[C@@H](O)[C@H](O)[C@H](O)CO. The van der Waals surface area contributed by atoms with Crippen molar-refractivity contribution in [2.75, 3.05) is 20.2 Å². The fraction of sp³-hybridized carbons (Fsp3) is 0.579. The van der Waals surface area contributed by atoms with E-state index in [1.54, 1.807) is 38.2 Å². The average Bonchev–Trinajstić information content (AvgIpc) is 3.64. The number of rotatable bonds is 21. The summed E-state index contributed by atoms with van der Waals surface area (Å²) in [6, 6.07) is 10.5. The Hall–Kier alpha value is -3.93. The molecule has 0 saturated heterocycles. The van der Waals surface area contributed by atoms with Gasteiger partial charge in [-0.15, -0.1) is 0 Å². The van der Waals surface area contributed by atoms with Crippen LogP contribution in [0.1, 0.15) is 100 Å². The Morgan fingerprint density at radius 1 is 0.852 bits per heavy atom. The number of amides is 1. The maximum absolute atomic E-state index is 12.9. The van der Waals surface area contributed by atoms with Gasteiger partial charge in [-0.25, -0.2) is 4.79 Å². The van der Waals surface area contributed by atoms with Gasteiger partial charge in [0.1, 0.15) is 18.3 Å². The molecule has 1 heterocycles. The summed E-state index contributed by atoms with van der Waals surface area (Å²) in [7, 11) is 1.57. The van der Waals surface area contributed by atoms with Crippen molar-refractivity contribution < 1.29 is 57.9 Å². The highest BCUT2D eigenvalue weighted by molar-refractivity contribution is 6.31. The molecule has 1 unspecified atom stereocenters. The third kappa shape index (κ3) is 15.4. The number of nitrogens with one attached hydrogen (secondary N) is 1. The van der Waals surface area contributed by atoms with Gasteiger partial charge in [-0.05, 0) is 55.8 Å². The number of aliphatic hydroxyl groups is 5. The van der Waals surface area contributed by atoms with Gasteiger partial charge >= 0.3 is 18.1 Å². The number of halogens is 3. The highest BCUT2D eigenvalue weighted by Crippen LogP contribution is 2.31. The molecular formula is C38H55F3N4O9.